The second kappa shape index (κ2) is 7.62. The molecule has 2 aromatic rings. The molecule has 1 amide bonds. The van der Waals surface area contributed by atoms with Gasteiger partial charge in [0.05, 0.1) is 17.7 Å². The van der Waals surface area contributed by atoms with Crippen molar-refractivity contribution in [3.8, 4) is 11.8 Å². The van der Waals surface area contributed by atoms with Gasteiger partial charge in [-0.05, 0) is 36.8 Å². The van der Waals surface area contributed by atoms with E-state index in [4.69, 9.17) is 10.00 Å². The van der Waals surface area contributed by atoms with Gasteiger partial charge in [-0.1, -0.05) is 40.2 Å². The number of ether oxygens (including phenoxy) is 1. The average molecular weight is 359 g/mol. The Morgan fingerprint density at radius 2 is 2.09 bits per heavy atom. The number of nitrogens with zero attached hydrogens (tertiary/aromatic N) is 1. The minimum atomic E-state index is -0.217. The van der Waals surface area contributed by atoms with Crippen LogP contribution < -0.4 is 10.1 Å². The fourth-order valence-electron chi connectivity index (χ4n) is 1.99. The molecule has 0 aromatic heterocycles. The highest BCUT2D eigenvalue weighted by Gasteiger charge is 2.12. The molecule has 0 unspecified atom stereocenters. The fourth-order valence-corrected chi connectivity index (χ4v) is 2.62. The molecule has 0 spiro atoms. The van der Waals surface area contributed by atoms with Gasteiger partial charge in [-0.15, -0.1) is 0 Å². The fraction of sp³-hybridized carbons (Fsp3) is 0.176. The van der Waals surface area contributed by atoms with E-state index in [1.807, 2.05) is 37.3 Å². The molecular weight excluding hydrogens is 344 g/mol. The molecule has 0 bridgehead atoms. The Hall–Kier alpha value is -2.32. The summed E-state index contributed by atoms with van der Waals surface area (Å²) >= 11 is 3.47. The number of nitriles is 1. The summed E-state index contributed by atoms with van der Waals surface area (Å²) in [6.07, 6.45) is 0. The number of halogens is 1. The molecule has 0 saturated heterocycles. The Bertz CT molecular complexity index is 710. The van der Waals surface area contributed by atoms with E-state index in [1.54, 1.807) is 24.3 Å². The highest BCUT2D eigenvalue weighted by atomic mass is 79.9. The molecule has 2 rings (SSSR count). The summed E-state index contributed by atoms with van der Waals surface area (Å²) in [5.74, 6) is 0.286. The number of benzene rings is 2. The van der Waals surface area contributed by atoms with Gasteiger partial charge < -0.3 is 10.1 Å². The van der Waals surface area contributed by atoms with Crippen LogP contribution >= 0.6 is 15.9 Å². The zero-order valence-electron chi connectivity index (χ0n) is 12.0. The van der Waals surface area contributed by atoms with Crippen molar-refractivity contribution in [1.29, 1.82) is 5.26 Å². The van der Waals surface area contributed by atoms with Gasteiger partial charge in [-0.2, -0.15) is 5.26 Å². The van der Waals surface area contributed by atoms with E-state index in [2.05, 4.69) is 21.2 Å². The normalized spacial score (nSPS) is 11.3. The minimum absolute atomic E-state index is 0.0936. The van der Waals surface area contributed by atoms with Gasteiger partial charge in [-0.3, -0.25) is 4.79 Å². The van der Waals surface area contributed by atoms with Crippen LogP contribution in [0.3, 0.4) is 0 Å². The van der Waals surface area contributed by atoms with E-state index in [9.17, 15) is 4.79 Å². The van der Waals surface area contributed by atoms with Gasteiger partial charge in [-0.25, -0.2) is 0 Å². The lowest BCUT2D eigenvalue weighted by Crippen LogP contribution is -2.31. The second-order valence-corrected chi connectivity index (χ2v) is 5.59. The smallest absolute Gasteiger partial charge is 0.258 e. The summed E-state index contributed by atoms with van der Waals surface area (Å²) in [5, 5.41) is 11.7. The van der Waals surface area contributed by atoms with Crippen molar-refractivity contribution in [1.82, 2.24) is 5.32 Å². The van der Waals surface area contributed by atoms with E-state index < -0.39 is 0 Å². The van der Waals surface area contributed by atoms with Crippen molar-refractivity contribution in [2.45, 2.75) is 13.0 Å². The van der Waals surface area contributed by atoms with Crippen LogP contribution in [-0.2, 0) is 4.79 Å². The number of nitrogens with one attached hydrogen (secondary N) is 1. The van der Waals surface area contributed by atoms with Crippen molar-refractivity contribution in [3.63, 3.8) is 0 Å². The highest BCUT2D eigenvalue weighted by molar-refractivity contribution is 9.10. The number of carbonyl (C=O) groups is 1. The lowest BCUT2D eigenvalue weighted by molar-refractivity contribution is -0.123. The molecule has 0 aliphatic rings. The third-order valence-electron chi connectivity index (χ3n) is 3.08. The van der Waals surface area contributed by atoms with Crippen LogP contribution in [0.15, 0.2) is 53.0 Å². The maximum absolute atomic E-state index is 11.9. The van der Waals surface area contributed by atoms with Gasteiger partial charge >= 0.3 is 0 Å². The molecule has 22 heavy (non-hydrogen) atoms. The van der Waals surface area contributed by atoms with Crippen LogP contribution in [0, 0.1) is 11.3 Å². The zero-order valence-corrected chi connectivity index (χ0v) is 13.6. The first-order valence-electron chi connectivity index (χ1n) is 6.77. The van der Waals surface area contributed by atoms with Crippen LogP contribution in [0.1, 0.15) is 24.1 Å². The molecular formula is C17H15BrN2O2. The lowest BCUT2D eigenvalue weighted by atomic mass is 10.1. The number of carbonyl (C=O) groups excluding carboxylic acids is 1. The van der Waals surface area contributed by atoms with Gasteiger partial charge in [0.25, 0.3) is 5.91 Å². The molecule has 0 aliphatic heterocycles. The zero-order chi connectivity index (χ0) is 15.9. The third kappa shape index (κ3) is 4.34. The number of hydrogen-bond donors (Lipinski definition) is 1. The topological polar surface area (TPSA) is 62.1 Å². The molecule has 4 nitrogen and oxygen atoms in total. The Kier molecular flexibility index (Phi) is 5.56. The van der Waals surface area contributed by atoms with Crippen molar-refractivity contribution in [2.75, 3.05) is 6.61 Å². The summed E-state index contributed by atoms with van der Waals surface area (Å²) in [4.78, 5) is 11.9. The highest BCUT2D eigenvalue weighted by Crippen LogP contribution is 2.22. The summed E-state index contributed by atoms with van der Waals surface area (Å²) in [5.41, 5.74) is 1.50. The van der Waals surface area contributed by atoms with E-state index in [-0.39, 0.29) is 18.6 Å². The van der Waals surface area contributed by atoms with Crippen molar-refractivity contribution in [3.05, 3.63) is 64.1 Å². The Morgan fingerprint density at radius 1 is 1.32 bits per heavy atom. The minimum Gasteiger partial charge on any atom is -0.484 e. The molecule has 0 heterocycles. The quantitative estimate of drug-likeness (QED) is 0.888. The first-order chi connectivity index (χ1) is 10.6. The van der Waals surface area contributed by atoms with Crippen LogP contribution in [-0.4, -0.2) is 12.5 Å². The molecule has 0 saturated carbocycles. The van der Waals surface area contributed by atoms with Crippen molar-refractivity contribution in [2.24, 2.45) is 0 Å². The monoisotopic (exact) mass is 358 g/mol. The molecule has 0 radical (unpaired) electrons. The van der Waals surface area contributed by atoms with Gasteiger partial charge in [0.1, 0.15) is 5.75 Å². The summed E-state index contributed by atoms with van der Waals surface area (Å²) in [6, 6.07) is 16.3. The van der Waals surface area contributed by atoms with Crippen LogP contribution in [0.25, 0.3) is 0 Å². The van der Waals surface area contributed by atoms with Crippen LogP contribution in [0.4, 0.5) is 0 Å². The average Bonchev–Trinajstić information content (AvgIpc) is 2.53. The molecule has 1 atom stereocenters. The third-order valence-corrected chi connectivity index (χ3v) is 3.80. The van der Waals surface area contributed by atoms with E-state index in [1.165, 1.54) is 0 Å². The molecule has 112 valence electrons. The summed E-state index contributed by atoms with van der Waals surface area (Å²) in [6.45, 7) is 1.82. The van der Waals surface area contributed by atoms with Crippen LogP contribution in [0.5, 0.6) is 5.75 Å². The first-order valence-corrected chi connectivity index (χ1v) is 7.56. The first kappa shape index (κ1) is 16.1. The maximum atomic E-state index is 11.9. The Morgan fingerprint density at radius 3 is 2.82 bits per heavy atom. The largest absolute Gasteiger partial charge is 0.484 e. The van der Waals surface area contributed by atoms with Gasteiger partial charge in [0, 0.05) is 4.47 Å². The van der Waals surface area contributed by atoms with E-state index in [0.717, 1.165) is 10.0 Å². The molecule has 0 aliphatic carbocycles. The second-order valence-electron chi connectivity index (χ2n) is 4.74. The number of amides is 1. The Labute approximate surface area is 137 Å². The van der Waals surface area contributed by atoms with Crippen molar-refractivity contribution < 1.29 is 9.53 Å². The summed E-state index contributed by atoms with van der Waals surface area (Å²) < 4.78 is 6.35. The van der Waals surface area contributed by atoms with Gasteiger partial charge in [0.2, 0.25) is 0 Å². The lowest BCUT2D eigenvalue weighted by Gasteiger charge is -2.16. The van der Waals surface area contributed by atoms with Crippen LogP contribution in [0.2, 0.25) is 0 Å². The molecule has 0 fully saturated rings. The molecule has 2 aromatic carbocycles. The van der Waals surface area contributed by atoms with E-state index >= 15 is 0 Å². The summed E-state index contributed by atoms with van der Waals surface area (Å²) in [7, 11) is 0. The van der Waals surface area contributed by atoms with Crippen molar-refractivity contribution >= 4 is 21.8 Å². The molecule has 1 N–H and O–H groups in total. The number of rotatable bonds is 5. The Balaban J connectivity index is 1.90. The number of hydrogen-bond acceptors (Lipinski definition) is 3. The predicted molar refractivity (Wildman–Crippen MR) is 87.4 cm³/mol. The van der Waals surface area contributed by atoms with Gasteiger partial charge in [0.15, 0.2) is 6.61 Å². The standard InChI is InChI=1S/C17H15BrN2O2/c1-12(15-7-2-3-8-16(15)18)20-17(21)11-22-14-6-4-5-13(9-14)10-19/h2-9,12H,11H2,1H3,(H,20,21)/t12-/m1/s1. The predicted octanol–water partition coefficient (Wildman–Crippen LogP) is 3.58. The maximum Gasteiger partial charge on any atom is 0.258 e. The molecule has 5 heteroatoms. The van der Waals surface area contributed by atoms with E-state index in [0.29, 0.717) is 11.3 Å². The SMILES string of the molecule is C[C@@H](NC(=O)COc1cccc(C#N)c1)c1ccccc1Br.